The molecule has 0 spiro atoms. The lowest BCUT2D eigenvalue weighted by Gasteiger charge is -2.21. The van der Waals surface area contributed by atoms with Crippen LogP contribution in [0.5, 0.6) is 5.75 Å². The number of para-hydroxylation sites is 1. The Morgan fingerprint density at radius 1 is 0.950 bits per heavy atom. The van der Waals surface area contributed by atoms with E-state index in [-0.39, 0.29) is 6.10 Å². The van der Waals surface area contributed by atoms with Crippen molar-refractivity contribution in [1.29, 1.82) is 0 Å². The van der Waals surface area contributed by atoms with Crippen LogP contribution < -0.4 is 10.5 Å². The summed E-state index contributed by atoms with van der Waals surface area (Å²) in [6.45, 7) is 0.720. The Kier molecular flexibility index (Phi) is 4.03. The van der Waals surface area contributed by atoms with E-state index >= 15 is 0 Å². The predicted molar refractivity (Wildman–Crippen MR) is 82.7 cm³/mol. The Balaban J connectivity index is 1.87. The smallest absolute Gasteiger partial charge is 0.127 e. The first-order valence-corrected chi connectivity index (χ1v) is 7.39. The maximum absolute atomic E-state index is 6.28. The monoisotopic (exact) mass is 267 g/mol. The first-order chi connectivity index (χ1) is 9.88. The molecule has 0 heterocycles. The zero-order chi connectivity index (χ0) is 13.8. The molecule has 104 valence electrons. The molecule has 20 heavy (non-hydrogen) atoms. The molecule has 2 unspecified atom stereocenters. The van der Waals surface area contributed by atoms with Gasteiger partial charge in [0.15, 0.2) is 0 Å². The van der Waals surface area contributed by atoms with Gasteiger partial charge in [0.05, 0.1) is 0 Å². The minimum atomic E-state index is 0.268. The van der Waals surface area contributed by atoms with Crippen LogP contribution in [0, 0.1) is 5.92 Å². The normalized spacial score (nSPS) is 21.9. The third-order valence-electron chi connectivity index (χ3n) is 4.14. The summed E-state index contributed by atoms with van der Waals surface area (Å²) in [6.07, 6.45) is 3.80. The van der Waals surface area contributed by atoms with E-state index < -0.39 is 0 Å². The number of ether oxygens (including phenoxy) is 1. The largest absolute Gasteiger partial charge is 0.489 e. The summed E-state index contributed by atoms with van der Waals surface area (Å²) < 4.78 is 6.28. The fourth-order valence-electron chi connectivity index (χ4n) is 3.02. The molecule has 2 nitrogen and oxygen atoms in total. The Morgan fingerprint density at radius 2 is 1.70 bits per heavy atom. The van der Waals surface area contributed by atoms with Crippen molar-refractivity contribution < 1.29 is 4.74 Å². The molecule has 2 atom stereocenters. The average Bonchev–Trinajstić information content (AvgIpc) is 2.96. The molecule has 2 aromatic carbocycles. The van der Waals surface area contributed by atoms with E-state index in [1.165, 1.54) is 18.4 Å². The molecule has 0 aromatic heterocycles. The molecule has 3 rings (SSSR count). The molecule has 1 aliphatic rings. The van der Waals surface area contributed by atoms with Crippen molar-refractivity contribution in [3.8, 4) is 16.9 Å². The summed E-state index contributed by atoms with van der Waals surface area (Å²) in [5, 5.41) is 0. The van der Waals surface area contributed by atoms with Gasteiger partial charge in [0, 0.05) is 11.5 Å². The van der Waals surface area contributed by atoms with E-state index in [1.54, 1.807) is 0 Å². The highest BCUT2D eigenvalue weighted by atomic mass is 16.5. The lowest BCUT2D eigenvalue weighted by atomic mass is 10.0. The first kappa shape index (κ1) is 13.2. The molecule has 0 radical (unpaired) electrons. The lowest BCUT2D eigenvalue weighted by molar-refractivity contribution is 0.163. The van der Waals surface area contributed by atoms with Crippen LogP contribution in [0.3, 0.4) is 0 Å². The van der Waals surface area contributed by atoms with Gasteiger partial charge in [-0.05, 0) is 37.4 Å². The van der Waals surface area contributed by atoms with Crippen LogP contribution in [0.2, 0.25) is 0 Å². The Hall–Kier alpha value is -1.80. The second-order valence-electron chi connectivity index (χ2n) is 5.45. The van der Waals surface area contributed by atoms with Gasteiger partial charge in [0.25, 0.3) is 0 Å². The Labute approximate surface area is 120 Å². The quantitative estimate of drug-likeness (QED) is 0.913. The summed E-state index contributed by atoms with van der Waals surface area (Å²) >= 11 is 0. The Morgan fingerprint density at radius 3 is 2.50 bits per heavy atom. The van der Waals surface area contributed by atoms with Crippen molar-refractivity contribution in [3.63, 3.8) is 0 Å². The fraction of sp³-hybridized carbons (Fsp3) is 0.333. The first-order valence-electron chi connectivity index (χ1n) is 7.39. The van der Waals surface area contributed by atoms with Gasteiger partial charge in [-0.2, -0.15) is 0 Å². The van der Waals surface area contributed by atoms with Crippen LogP contribution in [0.15, 0.2) is 54.6 Å². The van der Waals surface area contributed by atoms with Crippen molar-refractivity contribution in [2.75, 3.05) is 6.54 Å². The summed E-state index contributed by atoms with van der Waals surface area (Å²) in [5.41, 5.74) is 8.21. The summed E-state index contributed by atoms with van der Waals surface area (Å²) in [5.74, 6) is 1.47. The molecule has 1 fully saturated rings. The molecule has 1 saturated carbocycles. The third kappa shape index (κ3) is 2.70. The minimum Gasteiger partial charge on any atom is -0.489 e. The SMILES string of the molecule is NCC1CCCC1Oc1ccccc1-c1ccccc1. The van der Waals surface area contributed by atoms with Crippen LogP contribution in [-0.4, -0.2) is 12.6 Å². The summed E-state index contributed by atoms with van der Waals surface area (Å²) in [6, 6.07) is 18.7. The van der Waals surface area contributed by atoms with E-state index in [0.29, 0.717) is 5.92 Å². The van der Waals surface area contributed by atoms with E-state index in [4.69, 9.17) is 10.5 Å². The molecular weight excluding hydrogens is 246 g/mol. The van der Waals surface area contributed by atoms with E-state index in [1.807, 2.05) is 12.1 Å². The van der Waals surface area contributed by atoms with E-state index in [0.717, 1.165) is 24.3 Å². The Bertz CT molecular complexity index is 552. The molecule has 0 saturated heterocycles. The van der Waals surface area contributed by atoms with E-state index in [9.17, 15) is 0 Å². The van der Waals surface area contributed by atoms with Gasteiger partial charge < -0.3 is 10.5 Å². The summed E-state index contributed by atoms with van der Waals surface area (Å²) in [4.78, 5) is 0. The van der Waals surface area contributed by atoms with Gasteiger partial charge in [0.2, 0.25) is 0 Å². The highest BCUT2D eigenvalue weighted by Gasteiger charge is 2.28. The maximum Gasteiger partial charge on any atom is 0.127 e. The molecule has 2 heteroatoms. The van der Waals surface area contributed by atoms with Crippen LogP contribution in [-0.2, 0) is 0 Å². The average molecular weight is 267 g/mol. The third-order valence-corrected chi connectivity index (χ3v) is 4.14. The molecule has 0 aliphatic heterocycles. The molecule has 2 N–H and O–H groups in total. The van der Waals surface area contributed by atoms with Gasteiger partial charge >= 0.3 is 0 Å². The van der Waals surface area contributed by atoms with Crippen molar-refractivity contribution in [2.24, 2.45) is 11.7 Å². The second kappa shape index (κ2) is 6.10. The van der Waals surface area contributed by atoms with Crippen molar-refractivity contribution >= 4 is 0 Å². The zero-order valence-electron chi connectivity index (χ0n) is 11.7. The zero-order valence-corrected chi connectivity index (χ0v) is 11.7. The molecule has 1 aliphatic carbocycles. The van der Waals surface area contributed by atoms with Crippen LogP contribution in [0.1, 0.15) is 19.3 Å². The molecule has 0 bridgehead atoms. The maximum atomic E-state index is 6.28. The number of hydrogen-bond acceptors (Lipinski definition) is 2. The number of nitrogens with two attached hydrogens (primary N) is 1. The van der Waals surface area contributed by atoms with Crippen LogP contribution in [0.25, 0.3) is 11.1 Å². The lowest BCUT2D eigenvalue weighted by Crippen LogP contribution is -2.27. The van der Waals surface area contributed by atoms with Crippen molar-refractivity contribution in [3.05, 3.63) is 54.6 Å². The summed E-state index contributed by atoms with van der Waals surface area (Å²) in [7, 11) is 0. The minimum absolute atomic E-state index is 0.268. The second-order valence-corrected chi connectivity index (χ2v) is 5.45. The van der Waals surface area contributed by atoms with Gasteiger partial charge in [-0.25, -0.2) is 0 Å². The van der Waals surface area contributed by atoms with Gasteiger partial charge in [-0.1, -0.05) is 48.5 Å². The van der Waals surface area contributed by atoms with Crippen molar-refractivity contribution in [1.82, 2.24) is 0 Å². The molecule has 2 aromatic rings. The van der Waals surface area contributed by atoms with Gasteiger partial charge in [-0.15, -0.1) is 0 Å². The standard InChI is InChI=1S/C18H21NO/c19-13-15-9-6-12-17(15)20-18-11-5-4-10-16(18)14-7-2-1-3-8-14/h1-5,7-8,10-11,15,17H,6,9,12-13,19H2. The fourth-order valence-corrected chi connectivity index (χ4v) is 3.02. The number of benzene rings is 2. The van der Waals surface area contributed by atoms with Crippen LogP contribution in [0.4, 0.5) is 0 Å². The van der Waals surface area contributed by atoms with Crippen molar-refractivity contribution in [2.45, 2.75) is 25.4 Å². The molecule has 0 amide bonds. The van der Waals surface area contributed by atoms with Gasteiger partial charge in [0.1, 0.15) is 11.9 Å². The topological polar surface area (TPSA) is 35.2 Å². The van der Waals surface area contributed by atoms with Crippen LogP contribution >= 0.6 is 0 Å². The number of rotatable bonds is 4. The predicted octanol–water partition coefficient (Wildman–Crippen LogP) is 3.86. The number of hydrogen-bond donors (Lipinski definition) is 1. The molecular formula is C18H21NO. The van der Waals surface area contributed by atoms with E-state index in [2.05, 4.69) is 42.5 Å². The highest BCUT2D eigenvalue weighted by molar-refractivity contribution is 5.70. The van der Waals surface area contributed by atoms with Gasteiger partial charge in [-0.3, -0.25) is 0 Å². The highest BCUT2D eigenvalue weighted by Crippen LogP contribution is 2.34.